The maximum absolute atomic E-state index is 4.14. The Balaban J connectivity index is 2.57. The van der Waals surface area contributed by atoms with E-state index in [1.165, 1.54) is 0 Å². The molecule has 0 aliphatic rings. The molecule has 1 nitrogen and oxygen atoms in total. The van der Waals surface area contributed by atoms with Gasteiger partial charge in [-0.1, -0.05) is 31.5 Å². The van der Waals surface area contributed by atoms with Crippen LogP contribution in [0.5, 0.6) is 0 Å². The molecule has 1 rings (SSSR count). The molecule has 0 heterocycles. The Kier molecular flexibility index (Phi) is 3.90. The molecule has 0 atom stereocenters. The van der Waals surface area contributed by atoms with E-state index < -0.39 is 0 Å². The normalized spacial score (nSPS) is 8.75. The summed E-state index contributed by atoms with van der Waals surface area (Å²) in [6, 6.07) is 9.86. The van der Waals surface area contributed by atoms with E-state index in [1.54, 1.807) is 0 Å². The minimum absolute atomic E-state index is 0.963. The Hall–Kier alpha value is -1.33. The van der Waals surface area contributed by atoms with Crippen LogP contribution in [0.15, 0.2) is 41.4 Å². The first kappa shape index (κ1) is 8.76. The van der Waals surface area contributed by atoms with Gasteiger partial charge in [0.1, 0.15) is 0 Å². The zero-order valence-electron chi connectivity index (χ0n) is 7.33. The highest BCUT2D eigenvalue weighted by Crippen LogP contribution is 2.07. The van der Waals surface area contributed by atoms with Crippen molar-refractivity contribution < 1.29 is 0 Å². The number of benzene rings is 1. The maximum Gasteiger partial charge on any atom is 0.0729 e. The van der Waals surface area contributed by atoms with E-state index in [-0.39, 0.29) is 0 Å². The molecular formula is C11H13N. The van der Waals surface area contributed by atoms with Crippen molar-refractivity contribution in [1.29, 1.82) is 0 Å². The average Bonchev–Trinajstić information content (AvgIpc) is 2.14. The molecule has 1 aromatic rings. The first-order chi connectivity index (χ1) is 5.93. The van der Waals surface area contributed by atoms with Crippen molar-refractivity contribution in [3.05, 3.63) is 36.4 Å². The van der Waals surface area contributed by atoms with Crippen LogP contribution >= 0.6 is 0 Å². The SMILES string of the molecule is CCCC=C=Nc1ccccc1. The highest BCUT2D eigenvalue weighted by Gasteiger charge is 1.79. The lowest BCUT2D eigenvalue weighted by Crippen LogP contribution is -1.63. The van der Waals surface area contributed by atoms with Gasteiger partial charge in [0, 0.05) is 0 Å². The molecular weight excluding hydrogens is 146 g/mol. The van der Waals surface area contributed by atoms with Gasteiger partial charge >= 0.3 is 0 Å². The third kappa shape index (κ3) is 3.18. The largest absolute Gasteiger partial charge is 0.207 e. The molecule has 12 heavy (non-hydrogen) atoms. The monoisotopic (exact) mass is 159 g/mol. The molecule has 0 unspecified atom stereocenters. The predicted molar refractivity (Wildman–Crippen MR) is 53.0 cm³/mol. The highest BCUT2D eigenvalue weighted by atomic mass is 14.7. The van der Waals surface area contributed by atoms with E-state index in [0.717, 1.165) is 18.5 Å². The number of rotatable bonds is 3. The van der Waals surface area contributed by atoms with Gasteiger partial charge < -0.3 is 0 Å². The van der Waals surface area contributed by atoms with Crippen molar-refractivity contribution >= 4 is 11.6 Å². The number of para-hydroxylation sites is 1. The van der Waals surface area contributed by atoms with Gasteiger partial charge in [-0.15, -0.1) is 0 Å². The van der Waals surface area contributed by atoms with Crippen LogP contribution in [0.2, 0.25) is 0 Å². The quantitative estimate of drug-likeness (QED) is 0.600. The first-order valence-electron chi connectivity index (χ1n) is 4.26. The van der Waals surface area contributed by atoms with Crippen molar-refractivity contribution in [2.45, 2.75) is 19.8 Å². The number of unbranched alkanes of at least 4 members (excludes halogenated alkanes) is 1. The fraction of sp³-hybridized carbons (Fsp3) is 0.273. The molecule has 0 N–H and O–H groups in total. The summed E-state index contributed by atoms with van der Waals surface area (Å²) in [5.74, 6) is 2.90. The van der Waals surface area contributed by atoms with Crippen LogP contribution in [0.25, 0.3) is 0 Å². The van der Waals surface area contributed by atoms with E-state index in [0.29, 0.717) is 0 Å². The number of nitrogens with zero attached hydrogens (tertiary/aromatic N) is 1. The summed E-state index contributed by atoms with van der Waals surface area (Å²) in [4.78, 5) is 4.14. The van der Waals surface area contributed by atoms with Crippen molar-refractivity contribution in [3.8, 4) is 0 Å². The van der Waals surface area contributed by atoms with Gasteiger partial charge in [-0.3, -0.25) is 0 Å². The molecule has 0 saturated carbocycles. The summed E-state index contributed by atoms with van der Waals surface area (Å²) >= 11 is 0. The molecule has 0 saturated heterocycles. The zero-order chi connectivity index (χ0) is 8.65. The topological polar surface area (TPSA) is 12.4 Å². The van der Waals surface area contributed by atoms with Gasteiger partial charge in [0.15, 0.2) is 0 Å². The van der Waals surface area contributed by atoms with Crippen molar-refractivity contribution in [2.75, 3.05) is 0 Å². The second-order valence-electron chi connectivity index (χ2n) is 2.57. The van der Waals surface area contributed by atoms with Gasteiger partial charge in [0.2, 0.25) is 0 Å². The minimum Gasteiger partial charge on any atom is -0.207 e. The predicted octanol–water partition coefficient (Wildman–Crippen LogP) is 3.34. The molecule has 1 aromatic carbocycles. The molecule has 0 fully saturated rings. The lowest BCUT2D eigenvalue weighted by Gasteiger charge is -1.85. The highest BCUT2D eigenvalue weighted by molar-refractivity contribution is 5.58. The Morgan fingerprint density at radius 1 is 1.33 bits per heavy atom. The Morgan fingerprint density at radius 3 is 2.75 bits per heavy atom. The summed E-state index contributed by atoms with van der Waals surface area (Å²) in [6.45, 7) is 2.14. The lowest BCUT2D eigenvalue weighted by atomic mass is 10.3. The second-order valence-corrected chi connectivity index (χ2v) is 2.57. The van der Waals surface area contributed by atoms with Crippen LogP contribution in [0, 0.1) is 0 Å². The summed E-state index contributed by atoms with van der Waals surface area (Å²) in [7, 11) is 0. The van der Waals surface area contributed by atoms with Crippen LogP contribution in [0.4, 0.5) is 5.69 Å². The van der Waals surface area contributed by atoms with Crippen LogP contribution in [-0.4, -0.2) is 5.87 Å². The smallest absolute Gasteiger partial charge is 0.0729 e. The first-order valence-corrected chi connectivity index (χ1v) is 4.26. The van der Waals surface area contributed by atoms with Crippen molar-refractivity contribution in [3.63, 3.8) is 0 Å². The fourth-order valence-electron chi connectivity index (χ4n) is 0.832. The van der Waals surface area contributed by atoms with E-state index in [2.05, 4.69) is 17.8 Å². The molecule has 0 bridgehead atoms. The molecule has 0 aromatic heterocycles. The Labute approximate surface area is 73.5 Å². The lowest BCUT2D eigenvalue weighted by molar-refractivity contribution is 0.964. The Bertz CT molecular complexity index is 268. The van der Waals surface area contributed by atoms with Crippen molar-refractivity contribution in [1.82, 2.24) is 0 Å². The van der Waals surface area contributed by atoms with Gasteiger partial charge in [-0.05, 0) is 30.5 Å². The van der Waals surface area contributed by atoms with E-state index in [4.69, 9.17) is 0 Å². The second kappa shape index (κ2) is 5.34. The average molecular weight is 159 g/mol. The molecule has 0 radical (unpaired) electrons. The zero-order valence-corrected chi connectivity index (χ0v) is 7.33. The van der Waals surface area contributed by atoms with Crippen LogP contribution < -0.4 is 0 Å². The summed E-state index contributed by atoms with van der Waals surface area (Å²) < 4.78 is 0. The van der Waals surface area contributed by atoms with Gasteiger partial charge in [0.25, 0.3) is 0 Å². The fourth-order valence-corrected chi connectivity index (χ4v) is 0.832. The van der Waals surface area contributed by atoms with Crippen LogP contribution in [-0.2, 0) is 0 Å². The minimum atomic E-state index is 0.963. The molecule has 0 aliphatic carbocycles. The van der Waals surface area contributed by atoms with E-state index >= 15 is 0 Å². The number of allylic oxidation sites excluding steroid dienone is 1. The van der Waals surface area contributed by atoms with E-state index in [1.807, 2.05) is 36.4 Å². The summed E-state index contributed by atoms with van der Waals surface area (Å²) in [5.41, 5.74) is 0.963. The number of hydrogen-bond acceptors (Lipinski definition) is 1. The summed E-state index contributed by atoms with van der Waals surface area (Å²) in [5, 5.41) is 0. The molecule has 1 heteroatoms. The van der Waals surface area contributed by atoms with Crippen molar-refractivity contribution in [2.24, 2.45) is 4.99 Å². The number of aliphatic imine (C=N–C) groups is 1. The number of hydrogen-bond donors (Lipinski definition) is 0. The van der Waals surface area contributed by atoms with Crippen LogP contribution in [0.1, 0.15) is 19.8 Å². The molecule has 0 aliphatic heterocycles. The molecule has 62 valence electrons. The Morgan fingerprint density at radius 2 is 2.08 bits per heavy atom. The third-order valence-electron chi connectivity index (χ3n) is 1.47. The molecule has 0 amide bonds. The molecule has 0 spiro atoms. The standard InChI is InChI=1S/C11H13N/c1-2-3-7-10-12-11-8-5-4-6-9-11/h4-9H,2-3H2,1H3. The maximum atomic E-state index is 4.14. The van der Waals surface area contributed by atoms with Gasteiger partial charge in [-0.25, -0.2) is 4.99 Å². The van der Waals surface area contributed by atoms with Gasteiger partial charge in [0.05, 0.1) is 5.69 Å². The summed E-state index contributed by atoms with van der Waals surface area (Å²) in [6.07, 6.45) is 4.17. The van der Waals surface area contributed by atoms with Crippen LogP contribution in [0.3, 0.4) is 0 Å². The van der Waals surface area contributed by atoms with Gasteiger partial charge in [-0.2, -0.15) is 0 Å². The third-order valence-corrected chi connectivity index (χ3v) is 1.47. The van der Waals surface area contributed by atoms with E-state index in [9.17, 15) is 0 Å².